The molecule has 1 fully saturated rings. The molecule has 1 saturated carbocycles. The van der Waals surface area contributed by atoms with Crippen LogP contribution in [0.15, 0.2) is 11.7 Å². The summed E-state index contributed by atoms with van der Waals surface area (Å²) in [6.45, 7) is 0. The number of ether oxygens (including phenoxy) is 1. The van der Waals surface area contributed by atoms with Gasteiger partial charge in [-0.05, 0) is 12.8 Å². The molecule has 3 nitrogen and oxygen atoms in total. The first-order valence-electron chi connectivity index (χ1n) is 5.73. The minimum Gasteiger partial charge on any atom is -0.370 e. The number of hydrogen-bond acceptors (Lipinski definition) is 4. The Morgan fingerprint density at radius 1 is 1.50 bits per heavy atom. The fraction of sp³-hybridized carbons (Fsp3) is 0.667. The third-order valence-electron chi connectivity index (χ3n) is 3.38. The molecule has 0 atom stereocenters. The summed E-state index contributed by atoms with van der Waals surface area (Å²) >= 11 is 1.54. The van der Waals surface area contributed by atoms with Crippen molar-refractivity contribution in [3.63, 3.8) is 0 Å². The molecule has 1 aliphatic rings. The standard InChI is InChI=1S/C12H17NO2S/c1-15-12(5-3-2-4-6-12)11(14)7-10-8-13-9-16-10/h8-9H,2-7H2,1H3. The van der Waals surface area contributed by atoms with Crippen LogP contribution in [0.4, 0.5) is 0 Å². The van der Waals surface area contributed by atoms with Gasteiger partial charge >= 0.3 is 0 Å². The van der Waals surface area contributed by atoms with Crippen LogP contribution >= 0.6 is 11.3 Å². The maximum Gasteiger partial charge on any atom is 0.169 e. The Hall–Kier alpha value is -0.740. The summed E-state index contributed by atoms with van der Waals surface area (Å²) in [4.78, 5) is 17.3. The van der Waals surface area contributed by atoms with Crippen LogP contribution in [0.2, 0.25) is 0 Å². The summed E-state index contributed by atoms with van der Waals surface area (Å²) in [5, 5.41) is 0. The Bertz CT molecular complexity index is 342. The summed E-state index contributed by atoms with van der Waals surface area (Å²) in [5.41, 5.74) is 1.26. The predicted molar refractivity (Wildman–Crippen MR) is 63.7 cm³/mol. The number of Topliss-reactive ketones (excluding diaryl/α,β-unsaturated/α-hetero) is 1. The molecule has 1 aliphatic carbocycles. The van der Waals surface area contributed by atoms with Gasteiger partial charge in [0.05, 0.1) is 5.51 Å². The van der Waals surface area contributed by atoms with Gasteiger partial charge in [-0.15, -0.1) is 11.3 Å². The lowest BCUT2D eigenvalue weighted by molar-refractivity contribution is -0.144. The smallest absolute Gasteiger partial charge is 0.169 e. The normalized spacial score (nSPS) is 19.6. The van der Waals surface area contributed by atoms with Gasteiger partial charge in [-0.2, -0.15) is 0 Å². The Kier molecular flexibility index (Phi) is 3.71. The largest absolute Gasteiger partial charge is 0.370 e. The molecule has 1 aromatic rings. The lowest BCUT2D eigenvalue weighted by Crippen LogP contribution is -2.43. The molecule has 4 heteroatoms. The van der Waals surface area contributed by atoms with Crippen LogP contribution in [0.1, 0.15) is 37.0 Å². The molecule has 0 radical (unpaired) electrons. The highest BCUT2D eigenvalue weighted by molar-refractivity contribution is 7.09. The number of thiazole rings is 1. The van der Waals surface area contributed by atoms with E-state index in [0.717, 1.165) is 30.6 Å². The first-order valence-corrected chi connectivity index (χ1v) is 6.61. The minimum atomic E-state index is -0.512. The van der Waals surface area contributed by atoms with Crippen molar-refractivity contribution in [1.82, 2.24) is 4.98 Å². The molecule has 16 heavy (non-hydrogen) atoms. The minimum absolute atomic E-state index is 0.221. The molecule has 0 spiro atoms. The summed E-state index contributed by atoms with van der Waals surface area (Å²) < 4.78 is 5.52. The number of methoxy groups -OCH3 is 1. The van der Waals surface area contributed by atoms with E-state index in [1.807, 2.05) is 0 Å². The van der Waals surface area contributed by atoms with E-state index < -0.39 is 5.60 Å². The fourth-order valence-electron chi connectivity index (χ4n) is 2.37. The average molecular weight is 239 g/mol. The number of nitrogens with zero attached hydrogens (tertiary/aromatic N) is 1. The number of carbonyl (C=O) groups is 1. The lowest BCUT2D eigenvalue weighted by Gasteiger charge is -2.34. The molecule has 0 bridgehead atoms. The van der Waals surface area contributed by atoms with Gasteiger partial charge in [0.25, 0.3) is 0 Å². The van der Waals surface area contributed by atoms with Crippen molar-refractivity contribution in [2.45, 2.75) is 44.1 Å². The van der Waals surface area contributed by atoms with Crippen LogP contribution in [-0.4, -0.2) is 23.5 Å². The Morgan fingerprint density at radius 2 is 2.25 bits per heavy atom. The first kappa shape index (κ1) is 11.7. The van der Waals surface area contributed by atoms with Gasteiger partial charge in [-0.1, -0.05) is 19.3 Å². The van der Waals surface area contributed by atoms with Gasteiger partial charge in [-0.25, -0.2) is 0 Å². The van der Waals surface area contributed by atoms with Gasteiger partial charge in [0.1, 0.15) is 5.60 Å². The van der Waals surface area contributed by atoms with Crippen molar-refractivity contribution in [3.8, 4) is 0 Å². The molecule has 1 heterocycles. The maximum absolute atomic E-state index is 12.3. The second kappa shape index (κ2) is 5.06. The quantitative estimate of drug-likeness (QED) is 0.810. The zero-order valence-electron chi connectivity index (χ0n) is 9.57. The molecule has 0 N–H and O–H groups in total. The monoisotopic (exact) mass is 239 g/mol. The zero-order chi connectivity index (χ0) is 11.4. The Morgan fingerprint density at radius 3 is 2.81 bits per heavy atom. The molecule has 0 saturated heterocycles. The highest BCUT2D eigenvalue weighted by Crippen LogP contribution is 2.33. The van der Waals surface area contributed by atoms with Crippen LogP contribution in [0.3, 0.4) is 0 Å². The molecule has 1 aromatic heterocycles. The molecule has 88 valence electrons. The summed E-state index contributed by atoms with van der Waals surface area (Å²) in [7, 11) is 1.66. The van der Waals surface area contributed by atoms with Crippen LogP contribution in [0.5, 0.6) is 0 Å². The average Bonchev–Trinajstić information content (AvgIpc) is 2.82. The molecule has 0 amide bonds. The number of rotatable bonds is 4. The predicted octanol–water partition coefficient (Wildman–Crippen LogP) is 2.60. The van der Waals surface area contributed by atoms with E-state index in [9.17, 15) is 4.79 Å². The number of aromatic nitrogens is 1. The van der Waals surface area contributed by atoms with E-state index in [1.165, 1.54) is 17.8 Å². The number of carbonyl (C=O) groups excluding carboxylic acids is 1. The van der Waals surface area contributed by atoms with Gasteiger partial charge in [0.2, 0.25) is 0 Å². The maximum atomic E-state index is 12.3. The Balaban J connectivity index is 2.06. The molecule has 2 rings (SSSR count). The second-order valence-corrected chi connectivity index (χ2v) is 5.30. The third kappa shape index (κ3) is 2.33. The second-order valence-electron chi connectivity index (χ2n) is 4.33. The van der Waals surface area contributed by atoms with Gasteiger partial charge in [0.15, 0.2) is 5.78 Å². The van der Waals surface area contributed by atoms with Crippen molar-refractivity contribution in [2.75, 3.05) is 7.11 Å². The van der Waals surface area contributed by atoms with Crippen LogP contribution in [0, 0.1) is 0 Å². The van der Waals surface area contributed by atoms with Crippen LogP contribution in [-0.2, 0) is 16.0 Å². The molecule has 0 aromatic carbocycles. The summed E-state index contributed by atoms with van der Waals surface area (Å²) in [5.74, 6) is 0.221. The van der Waals surface area contributed by atoms with Crippen LogP contribution < -0.4 is 0 Å². The summed E-state index contributed by atoms with van der Waals surface area (Å²) in [6.07, 6.45) is 7.42. The Labute approximate surface area is 99.8 Å². The molecular formula is C12H17NO2S. The summed E-state index contributed by atoms with van der Waals surface area (Å²) in [6, 6.07) is 0. The van der Waals surface area contributed by atoms with Crippen molar-refractivity contribution >= 4 is 17.1 Å². The van der Waals surface area contributed by atoms with E-state index in [-0.39, 0.29) is 5.78 Å². The van der Waals surface area contributed by atoms with Crippen molar-refractivity contribution in [2.24, 2.45) is 0 Å². The van der Waals surface area contributed by atoms with Gasteiger partial charge < -0.3 is 4.74 Å². The van der Waals surface area contributed by atoms with Crippen molar-refractivity contribution in [3.05, 3.63) is 16.6 Å². The highest BCUT2D eigenvalue weighted by atomic mass is 32.1. The molecule has 0 unspecified atom stereocenters. The van der Waals surface area contributed by atoms with Crippen molar-refractivity contribution < 1.29 is 9.53 Å². The zero-order valence-corrected chi connectivity index (χ0v) is 10.4. The first-order chi connectivity index (χ1) is 7.77. The highest BCUT2D eigenvalue weighted by Gasteiger charge is 2.38. The van der Waals surface area contributed by atoms with E-state index in [4.69, 9.17) is 4.74 Å². The lowest BCUT2D eigenvalue weighted by atomic mass is 9.80. The molecule has 0 aliphatic heterocycles. The molecular weight excluding hydrogens is 222 g/mol. The van der Waals surface area contributed by atoms with Gasteiger partial charge in [-0.3, -0.25) is 9.78 Å². The number of hydrogen-bond donors (Lipinski definition) is 0. The third-order valence-corrected chi connectivity index (χ3v) is 4.16. The van der Waals surface area contributed by atoms with E-state index >= 15 is 0 Å². The fourth-order valence-corrected chi connectivity index (χ4v) is 2.96. The topological polar surface area (TPSA) is 39.2 Å². The van der Waals surface area contributed by atoms with E-state index in [1.54, 1.807) is 18.8 Å². The SMILES string of the molecule is COC1(C(=O)Cc2cncs2)CCCCC1. The van der Waals surface area contributed by atoms with Crippen LogP contribution in [0.25, 0.3) is 0 Å². The number of ketones is 1. The van der Waals surface area contributed by atoms with Crippen molar-refractivity contribution in [1.29, 1.82) is 0 Å². The van der Waals surface area contributed by atoms with E-state index in [2.05, 4.69) is 4.98 Å². The van der Waals surface area contributed by atoms with Gasteiger partial charge in [0, 0.05) is 24.6 Å². The van der Waals surface area contributed by atoms with E-state index in [0.29, 0.717) is 6.42 Å².